The van der Waals surface area contributed by atoms with Crippen molar-refractivity contribution in [2.75, 3.05) is 4.72 Å². The minimum absolute atomic E-state index is 0.178. The van der Waals surface area contributed by atoms with Crippen LogP contribution in [0.15, 0.2) is 82.9 Å². The zero-order valence-corrected chi connectivity index (χ0v) is 17.7. The van der Waals surface area contributed by atoms with Gasteiger partial charge in [0.05, 0.1) is 16.1 Å². The fourth-order valence-electron chi connectivity index (χ4n) is 2.64. The van der Waals surface area contributed by atoms with Crippen LogP contribution in [0.3, 0.4) is 0 Å². The molecule has 0 unspecified atom stereocenters. The van der Waals surface area contributed by atoms with Gasteiger partial charge < -0.3 is 5.32 Å². The number of aliphatic imine (C=N–C) groups is 1. The molecule has 3 N–H and O–H groups in total. The molecule has 0 bridgehead atoms. The van der Waals surface area contributed by atoms with Crippen LogP contribution in [0.4, 0.5) is 24.5 Å². The first kappa shape index (κ1) is 23.6. The van der Waals surface area contributed by atoms with Crippen molar-refractivity contribution in [1.29, 1.82) is 5.26 Å². The van der Waals surface area contributed by atoms with E-state index in [1.165, 1.54) is 12.1 Å². The second kappa shape index (κ2) is 10.0. The zero-order valence-electron chi connectivity index (χ0n) is 16.8. The average molecular weight is 474 g/mol. The highest BCUT2D eigenvalue weighted by molar-refractivity contribution is 7.92. The molecule has 0 saturated heterocycles. The van der Waals surface area contributed by atoms with Gasteiger partial charge in [0.15, 0.2) is 6.19 Å². The van der Waals surface area contributed by atoms with Crippen molar-refractivity contribution in [2.24, 2.45) is 4.99 Å². The lowest BCUT2D eigenvalue weighted by Gasteiger charge is -2.12. The molecule has 0 spiro atoms. The van der Waals surface area contributed by atoms with Gasteiger partial charge in [0.25, 0.3) is 10.0 Å². The normalized spacial score (nSPS) is 12.0. The summed E-state index contributed by atoms with van der Waals surface area (Å²) in [5.41, 5.74) is 0.438. The summed E-state index contributed by atoms with van der Waals surface area (Å²) in [6, 6.07) is 13.0. The summed E-state index contributed by atoms with van der Waals surface area (Å²) in [5.74, 6) is 0.207. The van der Waals surface area contributed by atoms with E-state index in [1.54, 1.807) is 42.9 Å². The van der Waals surface area contributed by atoms with E-state index in [1.807, 2.05) is 0 Å². The van der Waals surface area contributed by atoms with Gasteiger partial charge in [0, 0.05) is 24.6 Å². The summed E-state index contributed by atoms with van der Waals surface area (Å²) in [5, 5.41) is 14.3. The highest BCUT2D eigenvalue weighted by atomic mass is 32.2. The van der Waals surface area contributed by atoms with Gasteiger partial charge in [-0.05, 0) is 48.0 Å². The van der Waals surface area contributed by atoms with Crippen molar-refractivity contribution in [2.45, 2.75) is 17.6 Å². The van der Waals surface area contributed by atoms with Crippen molar-refractivity contribution in [3.63, 3.8) is 0 Å². The molecule has 0 radical (unpaired) electrons. The van der Waals surface area contributed by atoms with Gasteiger partial charge in [-0.1, -0.05) is 18.2 Å². The number of aromatic nitrogens is 1. The van der Waals surface area contributed by atoms with Gasteiger partial charge in [-0.15, -0.1) is 0 Å². The monoisotopic (exact) mass is 474 g/mol. The number of rotatable bonds is 6. The molecule has 2 aromatic carbocycles. The number of pyridine rings is 1. The zero-order chi connectivity index (χ0) is 23.9. The van der Waals surface area contributed by atoms with E-state index in [0.29, 0.717) is 11.8 Å². The molecule has 0 saturated carbocycles. The van der Waals surface area contributed by atoms with Crippen molar-refractivity contribution < 1.29 is 21.6 Å². The highest BCUT2D eigenvalue weighted by Gasteiger charge is 2.31. The van der Waals surface area contributed by atoms with Gasteiger partial charge in [0.1, 0.15) is 0 Å². The Hall–Kier alpha value is -4.11. The van der Waals surface area contributed by atoms with E-state index in [9.17, 15) is 21.6 Å². The van der Waals surface area contributed by atoms with Crippen LogP contribution in [0.25, 0.3) is 0 Å². The summed E-state index contributed by atoms with van der Waals surface area (Å²) < 4.78 is 65.8. The van der Waals surface area contributed by atoms with Crippen LogP contribution in [0.1, 0.15) is 11.1 Å². The smallest absolute Gasteiger partial charge is 0.351 e. The number of nitrogens with one attached hydrogen (secondary N) is 3. The van der Waals surface area contributed by atoms with E-state index >= 15 is 0 Å². The number of halogens is 3. The number of nitrogens with zero attached hydrogens (tertiary/aromatic N) is 3. The first-order chi connectivity index (χ1) is 15.7. The minimum Gasteiger partial charge on any atom is -0.351 e. The molecule has 0 fully saturated rings. The van der Waals surface area contributed by atoms with Gasteiger partial charge in [-0.2, -0.15) is 18.4 Å². The van der Waals surface area contributed by atoms with Crippen LogP contribution in [0.5, 0.6) is 0 Å². The Kier molecular flexibility index (Phi) is 7.14. The maximum absolute atomic E-state index is 12.9. The lowest BCUT2D eigenvalue weighted by Crippen LogP contribution is -2.33. The SMILES string of the molecule is N#CN/C(=N/c1ccncc1)NCc1ccc(NS(=O)(=O)c2cccc(C(F)(F)F)c2)cc1. The predicted octanol–water partition coefficient (Wildman–Crippen LogP) is 3.75. The van der Waals surface area contributed by atoms with Gasteiger partial charge in [-0.25, -0.2) is 13.4 Å². The summed E-state index contributed by atoms with van der Waals surface area (Å²) in [7, 11) is -4.21. The molecule has 0 amide bonds. The first-order valence-corrected chi connectivity index (χ1v) is 10.8. The molecule has 12 heteroatoms. The summed E-state index contributed by atoms with van der Waals surface area (Å²) >= 11 is 0. The quantitative estimate of drug-likeness (QED) is 0.217. The third kappa shape index (κ3) is 6.68. The Bertz CT molecular complexity index is 1270. The fourth-order valence-corrected chi connectivity index (χ4v) is 3.75. The number of anilines is 1. The van der Waals surface area contributed by atoms with Crippen molar-refractivity contribution in [1.82, 2.24) is 15.6 Å². The van der Waals surface area contributed by atoms with Crippen LogP contribution in [0.2, 0.25) is 0 Å². The van der Waals surface area contributed by atoms with E-state index in [2.05, 4.69) is 25.3 Å². The molecule has 0 aliphatic heterocycles. The van der Waals surface area contributed by atoms with Crippen molar-refractivity contribution >= 4 is 27.4 Å². The topological polar surface area (TPSA) is 119 Å². The Balaban J connectivity index is 1.68. The van der Waals surface area contributed by atoms with Gasteiger partial charge in [-0.3, -0.25) is 15.0 Å². The number of nitriles is 1. The number of guanidine groups is 1. The molecular formula is C21H17F3N6O2S. The maximum atomic E-state index is 12.9. The van der Waals surface area contributed by atoms with Gasteiger partial charge >= 0.3 is 6.18 Å². The Morgan fingerprint density at radius 1 is 1.06 bits per heavy atom. The van der Waals surface area contributed by atoms with Gasteiger partial charge in [0.2, 0.25) is 5.96 Å². The summed E-state index contributed by atoms with van der Waals surface area (Å²) in [6.07, 6.45) is 0.244. The molecule has 3 rings (SSSR count). The molecule has 1 heterocycles. The Morgan fingerprint density at radius 2 is 1.76 bits per heavy atom. The van der Waals surface area contributed by atoms with Crippen LogP contribution in [-0.2, 0) is 22.7 Å². The summed E-state index contributed by atoms with van der Waals surface area (Å²) in [6.45, 7) is 0.263. The molecule has 33 heavy (non-hydrogen) atoms. The molecular weight excluding hydrogens is 457 g/mol. The minimum atomic E-state index is -4.65. The maximum Gasteiger partial charge on any atom is 0.416 e. The lowest BCUT2D eigenvalue weighted by molar-refractivity contribution is -0.137. The van der Waals surface area contributed by atoms with Crippen LogP contribution in [0, 0.1) is 11.5 Å². The second-order valence-corrected chi connectivity index (χ2v) is 8.27. The van der Waals surface area contributed by atoms with Crippen LogP contribution >= 0.6 is 0 Å². The largest absolute Gasteiger partial charge is 0.416 e. The molecule has 170 valence electrons. The van der Waals surface area contributed by atoms with Crippen molar-refractivity contribution in [3.8, 4) is 6.19 Å². The second-order valence-electron chi connectivity index (χ2n) is 6.58. The standard InChI is InChI=1S/C21H17F3N6O2S/c22-21(23,24)16-2-1-3-19(12-16)33(31,32)30-18-6-4-15(5-7-18)13-27-20(28-14-25)29-17-8-10-26-11-9-17/h1-12,30H,13H2,(H2,26,27,28,29). The number of alkyl halides is 3. The van der Waals surface area contributed by atoms with Crippen LogP contribution in [-0.4, -0.2) is 19.4 Å². The predicted molar refractivity (Wildman–Crippen MR) is 116 cm³/mol. The molecule has 0 aliphatic carbocycles. The fraction of sp³-hybridized carbons (Fsp3) is 0.0952. The molecule has 1 aromatic heterocycles. The van der Waals surface area contributed by atoms with Crippen LogP contribution < -0.4 is 15.4 Å². The third-order valence-electron chi connectivity index (χ3n) is 4.22. The number of benzene rings is 2. The molecule has 0 aliphatic rings. The molecule has 8 nitrogen and oxygen atoms in total. The molecule has 0 atom stereocenters. The average Bonchev–Trinajstić information content (AvgIpc) is 2.79. The molecule has 3 aromatic rings. The summed E-state index contributed by atoms with van der Waals surface area (Å²) in [4.78, 5) is 7.64. The first-order valence-electron chi connectivity index (χ1n) is 9.34. The van der Waals surface area contributed by atoms with E-state index < -0.39 is 26.7 Å². The van der Waals surface area contributed by atoms with Crippen molar-refractivity contribution in [3.05, 3.63) is 84.2 Å². The Labute approximate surface area is 187 Å². The lowest BCUT2D eigenvalue weighted by atomic mass is 10.2. The highest BCUT2D eigenvalue weighted by Crippen LogP contribution is 2.30. The number of hydrogen-bond acceptors (Lipinski definition) is 5. The van der Waals surface area contributed by atoms with E-state index in [0.717, 1.165) is 23.8 Å². The number of hydrogen-bond donors (Lipinski definition) is 3. The van der Waals surface area contributed by atoms with E-state index in [-0.39, 0.29) is 18.2 Å². The third-order valence-corrected chi connectivity index (χ3v) is 5.59. The Morgan fingerprint density at radius 3 is 2.39 bits per heavy atom. The van der Waals surface area contributed by atoms with E-state index in [4.69, 9.17) is 5.26 Å². The number of sulfonamides is 1.